The topological polar surface area (TPSA) is 52.3 Å². The zero-order valence-corrected chi connectivity index (χ0v) is 10.0. The van der Waals surface area contributed by atoms with Gasteiger partial charge in [-0.3, -0.25) is 4.79 Å². The van der Waals surface area contributed by atoms with Crippen molar-refractivity contribution in [2.24, 2.45) is 5.73 Å². The average molecular weight is 239 g/mol. The molecule has 0 bridgehead atoms. The number of halogens is 1. The van der Waals surface area contributed by atoms with Crippen molar-refractivity contribution in [3.63, 3.8) is 0 Å². The third-order valence-corrected chi connectivity index (χ3v) is 2.59. The van der Waals surface area contributed by atoms with E-state index < -0.39 is 0 Å². The first-order chi connectivity index (χ1) is 8.19. The van der Waals surface area contributed by atoms with Crippen LogP contribution in [0.25, 0.3) is 0 Å². The second kappa shape index (κ2) is 7.01. The summed E-state index contributed by atoms with van der Waals surface area (Å²) < 4.78 is 18.3. The van der Waals surface area contributed by atoms with Gasteiger partial charge >= 0.3 is 0 Å². The van der Waals surface area contributed by atoms with Crippen molar-refractivity contribution < 1.29 is 13.9 Å². The molecule has 0 aliphatic heterocycles. The first-order valence-corrected chi connectivity index (χ1v) is 5.72. The van der Waals surface area contributed by atoms with Crippen LogP contribution in [-0.4, -0.2) is 19.4 Å². The van der Waals surface area contributed by atoms with E-state index in [0.29, 0.717) is 32.2 Å². The lowest BCUT2D eigenvalue weighted by Crippen LogP contribution is -2.06. The van der Waals surface area contributed by atoms with Crippen molar-refractivity contribution in [1.29, 1.82) is 0 Å². The van der Waals surface area contributed by atoms with Crippen molar-refractivity contribution >= 4 is 5.78 Å². The van der Waals surface area contributed by atoms with Crippen molar-refractivity contribution in [2.45, 2.75) is 25.7 Å². The van der Waals surface area contributed by atoms with E-state index in [1.54, 1.807) is 12.1 Å². The number of Topliss-reactive ketones (excluding diaryl/α,β-unsaturated/α-hetero) is 1. The highest BCUT2D eigenvalue weighted by molar-refractivity contribution is 5.78. The summed E-state index contributed by atoms with van der Waals surface area (Å²) in [5, 5.41) is 0. The summed E-state index contributed by atoms with van der Waals surface area (Å²) >= 11 is 0. The maximum Gasteiger partial charge on any atom is 0.165 e. The number of ketones is 1. The molecule has 94 valence electrons. The van der Waals surface area contributed by atoms with Crippen LogP contribution in [0.3, 0.4) is 0 Å². The summed E-state index contributed by atoms with van der Waals surface area (Å²) in [7, 11) is 1.43. The first-order valence-electron chi connectivity index (χ1n) is 5.72. The Morgan fingerprint density at radius 3 is 2.82 bits per heavy atom. The summed E-state index contributed by atoms with van der Waals surface area (Å²) in [5.74, 6) is 0.000274. The van der Waals surface area contributed by atoms with Gasteiger partial charge in [0.1, 0.15) is 5.78 Å². The van der Waals surface area contributed by atoms with Gasteiger partial charge in [0, 0.05) is 12.8 Å². The maximum atomic E-state index is 13.4. The number of hydrogen-bond acceptors (Lipinski definition) is 3. The molecule has 3 nitrogen and oxygen atoms in total. The fraction of sp³-hybridized carbons (Fsp3) is 0.462. The van der Waals surface area contributed by atoms with Crippen molar-refractivity contribution in [3.05, 3.63) is 29.6 Å². The van der Waals surface area contributed by atoms with Gasteiger partial charge in [0.2, 0.25) is 0 Å². The first kappa shape index (κ1) is 13.6. The zero-order valence-electron chi connectivity index (χ0n) is 10.0. The number of benzene rings is 1. The molecule has 0 unspecified atom stereocenters. The molecule has 1 aromatic carbocycles. The fourth-order valence-corrected chi connectivity index (χ4v) is 1.68. The molecule has 17 heavy (non-hydrogen) atoms. The van der Waals surface area contributed by atoms with Crippen LogP contribution < -0.4 is 10.5 Å². The molecule has 0 spiro atoms. The van der Waals surface area contributed by atoms with Crippen molar-refractivity contribution in [2.75, 3.05) is 13.7 Å². The quantitative estimate of drug-likeness (QED) is 0.792. The van der Waals surface area contributed by atoms with Gasteiger partial charge < -0.3 is 10.5 Å². The molecule has 0 amide bonds. The predicted molar refractivity (Wildman–Crippen MR) is 64.6 cm³/mol. The number of methoxy groups -OCH3 is 1. The minimum atomic E-state index is -0.389. The highest BCUT2D eigenvalue weighted by atomic mass is 19.1. The number of hydrogen-bond donors (Lipinski definition) is 1. The number of rotatable bonds is 7. The number of aryl methyl sites for hydroxylation is 1. The molecular weight excluding hydrogens is 221 g/mol. The number of carbonyl (C=O) groups excluding carboxylic acids is 1. The largest absolute Gasteiger partial charge is 0.493 e. The Morgan fingerprint density at radius 2 is 2.18 bits per heavy atom. The lowest BCUT2D eigenvalue weighted by molar-refractivity contribution is -0.119. The molecule has 0 aliphatic rings. The van der Waals surface area contributed by atoms with E-state index in [1.807, 2.05) is 0 Å². The Labute approximate surface area is 101 Å². The van der Waals surface area contributed by atoms with E-state index in [9.17, 15) is 9.18 Å². The van der Waals surface area contributed by atoms with Gasteiger partial charge in [0.15, 0.2) is 11.6 Å². The third kappa shape index (κ3) is 4.15. The molecular formula is C13H18FNO2. The summed E-state index contributed by atoms with van der Waals surface area (Å²) in [6.07, 6.45) is 2.11. The fourth-order valence-electron chi connectivity index (χ4n) is 1.68. The zero-order chi connectivity index (χ0) is 12.7. The average Bonchev–Trinajstić information content (AvgIpc) is 2.33. The van der Waals surface area contributed by atoms with Gasteiger partial charge in [-0.1, -0.05) is 12.1 Å². The molecule has 0 aromatic heterocycles. The summed E-state index contributed by atoms with van der Waals surface area (Å²) in [6.45, 7) is 0.523. The molecule has 0 aliphatic carbocycles. The van der Waals surface area contributed by atoms with Gasteiger partial charge in [-0.05, 0) is 31.0 Å². The van der Waals surface area contributed by atoms with Crippen LogP contribution in [0.2, 0.25) is 0 Å². The van der Waals surface area contributed by atoms with Crippen molar-refractivity contribution in [3.8, 4) is 5.75 Å². The minimum absolute atomic E-state index is 0.154. The standard InChI is InChI=1S/C13H18FNO2/c1-17-13-10(4-2-6-12(13)14)7-8-11(16)5-3-9-15/h2,4,6H,3,5,7-9,15H2,1H3. The Balaban J connectivity index is 2.57. The van der Waals surface area contributed by atoms with E-state index in [1.165, 1.54) is 13.2 Å². The third-order valence-electron chi connectivity index (χ3n) is 2.59. The number of nitrogens with two attached hydrogens (primary N) is 1. The molecule has 0 heterocycles. The highest BCUT2D eigenvalue weighted by Gasteiger charge is 2.10. The van der Waals surface area contributed by atoms with Crippen LogP contribution in [0, 0.1) is 5.82 Å². The molecule has 0 radical (unpaired) electrons. The summed E-state index contributed by atoms with van der Waals surface area (Å²) in [5.41, 5.74) is 6.06. The molecule has 2 N–H and O–H groups in total. The molecule has 0 saturated heterocycles. The number of ether oxygens (including phenoxy) is 1. The smallest absolute Gasteiger partial charge is 0.165 e. The molecule has 1 rings (SSSR count). The molecule has 0 fully saturated rings. The summed E-state index contributed by atoms with van der Waals surface area (Å²) in [6, 6.07) is 4.74. The van der Waals surface area contributed by atoms with E-state index in [0.717, 1.165) is 5.56 Å². The predicted octanol–water partition coefficient (Wildman–Crippen LogP) is 2.07. The van der Waals surface area contributed by atoms with Crippen LogP contribution >= 0.6 is 0 Å². The second-order valence-corrected chi connectivity index (χ2v) is 3.86. The van der Waals surface area contributed by atoms with E-state index in [-0.39, 0.29) is 17.3 Å². The SMILES string of the molecule is COc1c(F)cccc1CCC(=O)CCCN. The van der Waals surface area contributed by atoms with E-state index in [2.05, 4.69) is 0 Å². The number of para-hydroxylation sites is 1. The highest BCUT2D eigenvalue weighted by Crippen LogP contribution is 2.23. The lowest BCUT2D eigenvalue weighted by Gasteiger charge is -2.08. The molecule has 1 aromatic rings. The molecule has 4 heteroatoms. The van der Waals surface area contributed by atoms with Gasteiger partial charge in [0.05, 0.1) is 7.11 Å². The Hall–Kier alpha value is -1.42. The number of carbonyl (C=O) groups is 1. The minimum Gasteiger partial charge on any atom is -0.493 e. The van der Waals surface area contributed by atoms with Crippen LogP contribution in [-0.2, 0) is 11.2 Å². The maximum absolute atomic E-state index is 13.4. The van der Waals surface area contributed by atoms with Gasteiger partial charge in [-0.15, -0.1) is 0 Å². The molecule has 0 atom stereocenters. The van der Waals surface area contributed by atoms with Crippen LogP contribution in [0.15, 0.2) is 18.2 Å². The Bertz CT molecular complexity index is 380. The lowest BCUT2D eigenvalue weighted by atomic mass is 10.0. The van der Waals surface area contributed by atoms with Gasteiger partial charge in [0.25, 0.3) is 0 Å². The second-order valence-electron chi connectivity index (χ2n) is 3.86. The Morgan fingerprint density at radius 1 is 1.41 bits per heavy atom. The van der Waals surface area contributed by atoms with Crippen LogP contribution in [0.4, 0.5) is 4.39 Å². The van der Waals surface area contributed by atoms with Crippen LogP contribution in [0.1, 0.15) is 24.8 Å². The monoisotopic (exact) mass is 239 g/mol. The van der Waals surface area contributed by atoms with E-state index in [4.69, 9.17) is 10.5 Å². The summed E-state index contributed by atoms with van der Waals surface area (Å²) in [4.78, 5) is 11.5. The van der Waals surface area contributed by atoms with Crippen LogP contribution in [0.5, 0.6) is 5.75 Å². The van der Waals surface area contributed by atoms with Crippen molar-refractivity contribution in [1.82, 2.24) is 0 Å². The normalized spacial score (nSPS) is 10.3. The Kier molecular flexibility index (Phi) is 5.63. The van der Waals surface area contributed by atoms with Gasteiger partial charge in [-0.25, -0.2) is 4.39 Å². The van der Waals surface area contributed by atoms with Gasteiger partial charge in [-0.2, -0.15) is 0 Å². The van der Waals surface area contributed by atoms with E-state index >= 15 is 0 Å². The molecule has 0 saturated carbocycles.